The van der Waals surface area contributed by atoms with Crippen LogP contribution < -0.4 is 21.6 Å². The fourth-order valence-corrected chi connectivity index (χ4v) is 9.67. The first-order chi connectivity index (χ1) is 31.1. The monoisotopic (exact) mass is 882 g/mol. The molecule has 4 aliphatic rings. The molecule has 2 saturated heterocycles. The van der Waals surface area contributed by atoms with Crippen LogP contribution in [-0.4, -0.2) is 96.9 Å². The van der Waals surface area contributed by atoms with Crippen molar-refractivity contribution in [3.05, 3.63) is 82.1 Å². The van der Waals surface area contributed by atoms with Crippen molar-refractivity contribution in [2.75, 3.05) is 44.6 Å². The Balaban J connectivity index is 0.718. The van der Waals surface area contributed by atoms with E-state index in [1.165, 1.54) is 29.9 Å². The second kappa shape index (κ2) is 19.3. The minimum Gasteiger partial charge on any atom is -0.444 e. The third-order valence-electron chi connectivity index (χ3n) is 13.4. The molecule has 64 heavy (non-hydrogen) atoms. The third kappa shape index (κ3) is 9.88. The Morgan fingerprint density at radius 3 is 2.64 bits per heavy atom. The molecule has 2 aliphatic heterocycles. The SMILES string of the molecule is Cn1c(=O)n(C2CCC(=O)NC2=O)c2cccc(CCCN3CCO[C@@H](CNCC4CCC(n5cc(NC(=O)c6coc(-c7ccnc(CCC8CC8)c7)n6)c(C(F)F)n5)CC4)C3)c21. The van der Waals surface area contributed by atoms with Crippen molar-refractivity contribution in [3.63, 3.8) is 0 Å². The van der Waals surface area contributed by atoms with Gasteiger partial charge in [-0.05, 0) is 106 Å². The summed E-state index contributed by atoms with van der Waals surface area (Å²) in [4.78, 5) is 62.1. The van der Waals surface area contributed by atoms with Gasteiger partial charge in [0.25, 0.3) is 12.3 Å². The first kappa shape index (κ1) is 43.7. The largest absolute Gasteiger partial charge is 0.444 e. The minimum absolute atomic E-state index is 0.0138. The number of rotatable bonds is 17. The lowest BCUT2D eigenvalue weighted by Gasteiger charge is -2.34. The number of piperidine rings is 1. The minimum atomic E-state index is -2.87. The van der Waals surface area contributed by atoms with Gasteiger partial charge in [-0.1, -0.05) is 25.0 Å². The summed E-state index contributed by atoms with van der Waals surface area (Å²) in [6.07, 6.45) is 11.7. The lowest BCUT2D eigenvalue weighted by Crippen LogP contribution is -2.47. The number of halogens is 2. The van der Waals surface area contributed by atoms with Gasteiger partial charge in [0.05, 0.1) is 35.5 Å². The van der Waals surface area contributed by atoms with Gasteiger partial charge in [-0.3, -0.25) is 43.4 Å². The number of alkyl halides is 2. The molecule has 1 unspecified atom stereocenters. The molecule has 3 N–H and O–H groups in total. The number of imidazole rings is 1. The zero-order valence-electron chi connectivity index (χ0n) is 36.1. The molecular weight excluding hydrogens is 827 g/mol. The van der Waals surface area contributed by atoms with Gasteiger partial charge >= 0.3 is 5.69 Å². The normalized spacial score (nSPS) is 22.1. The van der Waals surface area contributed by atoms with Crippen LogP contribution in [0.5, 0.6) is 0 Å². The second-order valence-electron chi connectivity index (χ2n) is 17.9. The molecule has 0 radical (unpaired) electrons. The van der Waals surface area contributed by atoms with Gasteiger partial charge in [0.15, 0.2) is 11.4 Å². The molecular formula is C46H56F2N10O6. The summed E-state index contributed by atoms with van der Waals surface area (Å²) in [5.74, 6) is 0.0730. The van der Waals surface area contributed by atoms with Crippen molar-refractivity contribution < 1.29 is 32.3 Å². The number of carbonyl (C=O) groups excluding carboxylic acids is 3. The first-order valence-electron chi connectivity index (χ1n) is 22.7. The van der Waals surface area contributed by atoms with Crippen LogP contribution in [0.3, 0.4) is 0 Å². The zero-order chi connectivity index (χ0) is 44.3. The van der Waals surface area contributed by atoms with Crippen LogP contribution in [0, 0.1) is 11.8 Å². The van der Waals surface area contributed by atoms with Crippen molar-refractivity contribution in [1.29, 1.82) is 0 Å². The third-order valence-corrected chi connectivity index (χ3v) is 13.4. The van der Waals surface area contributed by atoms with E-state index in [1.54, 1.807) is 28.6 Å². The number of nitrogens with one attached hydrogen (secondary N) is 3. The molecule has 16 nitrogen and oxygen atoms in total. The highest BCUT2D eigenvalue weighted by atomic mass is 19.3. The summed E-state index contributed by atoms with van der Waals surface area (Å²) in [5.41, 5.74) is 3.42. The molecule has 4 aromatic heterocycles. The van der Waals surface area contributed by atoms with Gasteiger partial charge in [-0.25, -0.2) is 18.6 Å². The number of ether oxygens (including phenoxy) is 1. The Morgan fingerprint density at radius 1 is 1.02 bits per heavy atom. The number of imide groups is 1. The van der Waals surface area contributed by atoms with Crippen LogP contribution in [0.1, 0.15) is 110 Å². The van der Waals surface area contributed by atoms with Crippen LogP contribution >= 0.6 is 0 Å². The highest BCUT2D eigenvalue weighted by molar-refractivity contribution is 6.03. The summed E-state index contributed by atoms with van der Waals surface area (Å²) in [6, 6.07) is 8.73. The predicted molar refractivity (Wildman–Crippen MR) is 233 cm³/mol. The number of hydrogen-bond acceptors (Lipinski definition) is 11. The van der Waals surface area contributed by atoms with E-state index in [0.717, 1.165) is 107 Å². The number of pyridine rings is 1. The molecule has 2 aliphatic carbocycles. The molecule has 6 heterocycles. The number of nitrogens with zero attached hydrogens (tertiary/aromatic N) is 7. The number of fused-ring (bicyclic) bond motifs is 1. The van der Waals surface area contributed by atoms with Gasteiger partial charge in [0, 0.05) is 56.8 Å². The van der Waals surface area contributed by atoms with Crippen molar-refractivity contribution in [3.8, 4) is 11.5 Å². The Kier molecular flexibility index (Phi) is 13.1. The zero-order valence-corrected chi connectivity index (χ0v) is 36.1. The quantitative estimate of drug-likeness (QED) is 0.0967. The number of morpholine rings is 1. The number of anilines is 1. The number of carbonyl (C=O) groups is 3. The van der Waals surface area contributed by atoms with Crippen LogP contribution in [0.2, 0.25) is 0 Å². The molecule has 9 rings (SSSR count). The highest BCUT2D eigenvalue weighted by Gasteiger charge is 2.32. The van der Waals surface area contributed by atoms with Gasteiger partial charge in [-0.2, -0.15) is 5.10 Å². The second-order valence-corrected chi connectivity index (χ2v) is 17.9. The first-order valence-corrected chi connectivity index (χ1v) is 22.7. The lowest BCUT2D eigenvalue weighted by atomic mass is 9.86. The maximum absolute atomic E-state index is 14.2. The Labute approximate surface area is 369 Å². The Bertz CT molecular complexity index is 2540. The number of oxazole rings is 1. The summed E-state index contributed by atoms with van der Waals surface area (Å²) < 4.78 is 44.8. The molecule has 0 spiro atoms. The number of hydrogen-bond donors (Lipinski definition) is 3. The average molecular weight is 883 g/mol. The predicted octanol–water partition coefficient (Wildman–Crippen LogP) is 5.75. The highest BCUT2D eigenvalue weighted by Crippen LogP contribution is 2.36. The van der Waals surface area contributed by atoms with Gasteiger partial charge < -0.3 is 19.8 Å². The van der Waals surface area contributed by atoms with Gasteiger partial charge in [0.2, 0.25) is 17.7 Å². The topological polar surface area (TPSA) is 183 Å². The van der Waals surface area contributed by atoms with Crippen LogP contribution in [0.4, 0.5) is 14.5 Å². The van der Waals surface area contributed by atoms with E-state index in [-0.39, 0.29) is 47.4 Å². The smallest absolute Gasteiger partial charge is 0.329 e. The van der Waals surface area contributed by atoms with Crippen molar-refractivity contribution in [2.24, 2.45) is 18.9 Å². The molecule has 4 fully saturated rings. The fourth-order valence-electron chi connectivity index (χ4n) is 9.67. The Hall–Kier alpha value is -5.59. The molecule has 2 atom stereocenters. The standard InChI is InChI=1S/C46H56F2N10O6/c1-55-41-30(4-2-6-37(41)58(46(55)62)38-15-16-39(59)53-44(38)61)5-3-19-56-20-21-63-34(25-56)24-49-23-29-10-13-33(14-11-29)57-26-35(40(54-57)42(47)48)51-43(60)36-27-64-45(52-36)31-17-18-50-32(22-31)12-9-28-7-8-28/h2,4,6,17-18,22,26-29,33-34,38,42,49H,3,5,7-16,19-21,23-25H2,1H3,(H,51,60)(H,53,59,61)/t29?,33?,34-,38?/m0/s1. The molecule has 5 aromatic rings. The maximum Gasteiger partial charge on any atom is 0.329 e. The van der Waals surface area contributed by atoms with Crippen LogP contribution in [0.25, 0.3) is 22.5 Å². The van der Waals surface area contributed by atoms with Gasteiger partial charge in [-0.15, -0.1) is 0 Å². The summed E-state index contributed by atoms with van der Waals surface area (Å²) in [7, 11) is 1.73. The number of aromatic nitrogens is 6. The summed E-state index contributed by atoms with van der Waals surface area (Å²) in [6.45, 7) is 4.73. The fraction of sp³-hybridized carbons (Fsp3) is 0.543. The van der Waals surface area contributed by atoms with E-state index in [4.69, 9.17) is 9.15 Å². The van der Waals surface area contributed by atoms with E-state index in [1.807, 2.05) is 24.3 Å². The number of para-hydroxylation sites is 1. The van der Waals surface area contributed by atoms with E-state index in [2.05, 4.69) is 35.9 Å². The molecule has 0 bridgehead atoms. The van der Waals surface area contributed by atoms with Crippen molar-refractivity contribution in [2.45, 2.75) is 102 Å². The molecule has 18 heteroatoms. The van der Waals surface area contributed by atoms with Crippen molar-refractivity contribution >= 4 is 34.4 Å². The number of benzene rings is 1. The lowest BCUT2D eigenvalue weighted by molar-refractivity contribution is -0.135. The molecule has 3 amide bonds. The summed E-state index contributed by atoms with van der Waals surface area (Å²) >= 11 is 0. The van der Waals surface area contributed by atoms with E-state index in [0.29, 0.717) is 30.0 Å². The Morgan fingerprint density at radius 2 is 1.84 bits per heavy atom. The van der Waals surface area contributed by atoms with Crippen LogP contribution in [-0.2, 0) is 34.2 Å². The summed E-state index contributed by atoms with van der Waals surface area (Å²) in [5, 5.41) is 12.8. The van der Waals surface area contributed by atoms with E-state index in [9.17, 15) is 28.0 Å². The molecule has 340 valence electrons. The van der Waals surface area contributed by atoms with E-state index < -0.39 is 30.0 Å². The maximum atomic E-state index is 14.2. The van der Waals surface area contributed by atoms with Gasteiger partial charge in [0.1, 0.15) is 12.3 Å². The van der Waals surface area contributed by atoms with E-state index >= 15 is 0 Å². The number of amides is 3. The molecule has 2 saturated carbocycles. The number of aryl methyl sites for hydroxylation is 3. The van der Waals surface area contributed by atoms with Crippen LogP contribution in [0.15, 0.2) is 58.2 Å². The molecule has 1 aromatic carbocycles. The van der Waals surface area contributed by atoms with Crippen molar-refractivity contribution in [1.82, 2.24) is 44.4 Å². The average Bonchev–Trinajstić information content (AvgIpc) is 3.70.